The molecule has 4 atom stereocenters. The van der Waals surface area contributed by atoms with Gasteiger partial charge in [-0.25, -0.2) is 0 Å². The fourth-order valence-corrected chi connectivity index (χ4v) is 6.75. The molecule has 0 bridgehead atoms. The molecule has 1 saturated heterocycles. The Morgan fingerprint density at radius 3 is 2.57 bits per heavy atom. The number of phenolic OH excluding ortho intramolecular Hbond substituents is 1. The van der Waals surface area contributed by atoms with E-state index in [0.29, 0.717) is 42.4 Å². The zero-order chi connectivity index (χ0) is 26.4. The number of phenols is 1. The topological polar surface area (TPSA) is 129 Å². The Labute approximate surface area is 221 Å². The molecule has 4 aliphatic rings. The Morgan fingerprint density at radius 2 is 1.84 bits per heavy atom. The van der Waals surface area contributed by atoms with Gasteiger partial charge in [-0.1, -0.05) is 30.2 Å². The first-order valence-corrected chi connectivity index (χ1v) is 13.2. The molecule has 0 saturated carbocycles. The summed E-state index contributed by atoms with van der Waals surface area (Å²) in [5.41, 5.74) is 2.21. The first-order chi connectivity index (χ1) is 17.7. The smallest absolute Gasteiger partial charge is 0.303 e. The third-order valence-electron chi connectivity index (χ3n) is 7.90. The van der Waals surface area contributed by atoms with E-state index in [9.17, 15) is 29.1 Å². The molecule has 3 aliphatic carbocycles. The van der Waals surface area contributed by atoms with Crippen LogP contribution in [0.3, 0.4) is 0 Å². The average molecular weight is 568 g/mol. The molecular weight excluding hydrogens is 542 g/mol. The van der Waals surface area contributed by atoms with Gasteiger partial charge in [-0.2, -0.15) is 0 Å². The van der Waals surface area contributed by atoms with Crippen LogP contribution in [-0.2, 0) is 24.0 Å². The summed E-state index contributed by atoms with van der Waals surface area (Å²) in [6.07, 6.45) is 5.42. The average Bonchev–Trinajstić information content (AvgIpc) is 3.10. The molecule has 1 aromatic carbocycles. The summed E-state index contributed by atoms with van der Waals surface area (Å²) >= 11 is 3.21. The minimum absolute atomic E-state index is 0.0311. The molecule has 0 unspecified atom stereocenters. The van der Waals surface area contributed by atoms with Crippen LogP contribution in [-0.4, -0.2) is 51.0 Å². The first kappa shape index (κ1) is 25.3. The van der Waals surface area contributed by atoms with Gasteiger partial charge < -0.3 is 10.2 Å². The number of amides is 2. The molecular formula is C28H26BrNO7. The van der Waals surface area contributed by atoms with Gasteiger partial charge in [0.25, 0.3) is 0 Å². The number of aliphatic carboxylic acids is 1. The highest BCUT2D eigenvalue weighted by Gasteiger charge is 2.56. The van der Waals surface area contributed by atoms with Gasteiger partial charge in [-0.05, 0) is 65.2 Å². The SMILES string of the molecule is O=C(O)CCCCCN1C(=O)[C@H]2[C@H](CC=C3[C@H](c4cccc(O)c4)C4=C(C[C@H]32)C(=O)C(Br)=CC4=O)C1=O. The van der Waals surface area contributed by atoms with Crippen molar-refractivity contribution < 1.29 is 34.2 Å². The zero-order valence-corrected chi connectivity index (χ0v) is 21.6. The van der Waals surface area contributed by atoms with Crippen LogP contribution >= 0.6 is 15.9 Å². The molecule has 9 heteroatoms. The lowest BCUT2D eigenvalue weighted by Gasteiger charge is -2.42. The number of carbonyl (C=O) groups excluding carboxylic acids is 4. The summed E-state index contributed by atoms with van der Waals surface area (Å²) in [7, 11) is 0. The van der Waals surface area contributed by atoms with Crippen LogP contribution < -0.4 is 0 Å². The number of carboxylic acids is 1. The van der Waals surface area contributed by atoms with Crippen molar-refractivity contribution in [3.8, 4) is 5.75 Å². The molecule has 0 aromatic heterocycles. The molecule has 5 rings (SSSR count). The van der Waals surface area contributed by atoms with E-state index >= 15 is 0 Å². The number of aromatic hydroxyl groups is 1. The maximum atomic E-state index is 13.6. The predicted molar refractivity (Wildman–Crippen MR) is 136 cm³/mol. The monoisotopic (exact) mass is 567 g/mol. The van der Waals surface area contributed by atoms with Gasteiger partial charge in [0.05, 0.1) is 16.3 Å². The van der Waals surface area contributed by atoms with E-state index in [2.05, 4.69) is 15.9 Å². The number of ketones is 2. The van der Waals surface area contributed by atoms with Crippen molar-refractivity contribution >= 4 is 45.3 Å². The van der Waals surface area contributed by atoms with Gasteiger partial charge in [0.1, 0.15) is 5.75 Å². The number of imide groups is 1. The highest BCUT2D eigenvalue weighted by atomic mass is 79.9. The number of nitrogens with zero attached hydrogens (tertiary/aromatic N) is 1. The molecule has 2 amide bonds. The summed E-state index contributed by atoms with van der Waals surface area (Å²) in [4.78, 5) is 65.2. The van der Waals surface area contributed by atoms with Crippen molar-refractivity contribution in [1.82, 2.24) is 4.90 Å². The molecule has 1 aliphatic heterocycles. The lowest BCUT2D eigenvalue weighted by atomic mass is 9.59. The Kier molecular flexibility index (Phi) is 6.74. The molecule has 37 heavy (non-hydrogen) atoms. The van der Waals surface area contributed by atoms with Gasteiger partial charge >= 0.3 is 5.97 Å². The van der Waals surface area contributed by atoms with Gasteiger partial charge in [-0.3, -0.25) is 28.9 Å². The number of carbonyl (C=O) groups is 5. The minimum Gasteiger partial charge on any atom is -0.508 e. The maximum absolute atomic E-state index is 13.6. The Balaban J connectivity index is 1.48. The van der Waals surface area contributed by atoms with Crippen LogP contribution in [0.25, 0.3) is 0 Å². The van der Waals surface area contributed by atoms with Gasteiger partial charge in [0.2, 0.25) is 11.8 Å². The molecule has 0 spiro atoms. The van der Waals surface area contributed by atoms with E-state index in [0.717, 1.165) is 5.57 Å². The van der Waals surface area contributed by atoms with Crippen LogP contribution in [0.5, 0.6) is 5.75 Å². The molecule has 1 aromatic rings. The second kappa shape index (κ2) is 9.85. The van der Waals surface area contributed by atoms with Crippen molar-refractivity contribution in [3.63, 3.8) is 0 Å². The summed E-state index contributed by atoms with van der Waals surface area (Å²) in [6.45, 7) is 0.238. The van der Waals surface area contributed by atoms with Crippen LogP contribution in [0.2, 0.25) is 0 Å². The van der Waals surface area contributed by atoms with Crippen molar-refractivity contribution in [1.29, 1.82) is 0 Å². The van der Waals surface area contributed by atoms with E-state index < -0.39 is 29.6 Å². The number of hydrogen-bond donors (Lipinski definition) is 2. The molecule has 2 N–H and O–H groups in total. The van der Waals surface area contributed by atoms with E-state index in [4.69, 9.17) is 5.11 Å². The quantitative estimate of drug-likeness (QED) is 0.222. The van der Waals surface area contributed by atoms with Crippen LogP contribution in [0, 0.1) is 17.8 Å². The van der Waals surface area contributed by atoms with Crippen LogP contribution in [0.4, 0.5) is 0 Å². The summed E-state index contributed by atoms with van der Waals surface area (Å²) in [5, 5.41) is 19.0. The number of halogens is 1. The maximum Gasteiger partial charge on any atom is 0.303 e. The minimum atomic E-state index is -0.873. The highest BCUT2D eigenvalue weighted by Crippen LogP contribution is 2.55. The van der Waals surface area contributed by atoms with Crippen LogP contribution in [0.15, 0.2) is 57.6 Å². The largest absolute Gasteiger partial charge is 0.508 e. The van der Waals surface area contributed by atoms with E-state index in [-0.39, 0.29) is 53.0 Å². The first-order valence-electron chi connectivity index (χ1n) is 12.4. The van der Waals surface area contributed by atoms with Crippen LogP contribution in [0.1, 0.15) is 50.0 Å². The molecule has 8 nitrogen and oxygen atoms in total. The number of rotatable bonds is 7. The van der Waals surface area contributed by atoms with Gasteiger partial charge in [0, 0.05) is 36.1 Å². The molecule has 0 radical (unpaired) electrons. The second-order valence-corrected chi connectivity index (χ2v) is 10.9. The number of likely N-dealkylation sites (tertiary alicyclic amines) is 1. The highest BCUT2D eigenvalue weighted by molar-refractivity contribution is 9.12. The molecule has 1 heterocycles. The number of benzene rings is 1. The third kappa shape index (κ3) is 4.39. The predicted octanol–water partition coefficient (Wildman–Crippen LogP) is 3.80. The normalized spacial score (nSPS) is 27.0. The number of hydrogen-bond acceptors (Lipinski definition) is 6. The standard InChI is InChI=1S/C28H26BrNO7/c29-20-13-21(32)25-19(26(20)35)12-18-16(23(25)14-5-4-6-15(31)11-14)8-9-17-24(18)28(37)30(27(17)36)10-3-1-2-7-22(33)34/h4-6,8,11,13,17-18,23-24,31H,1-3,7,9-10,12H2,(H,33,34)/t17-,18+,23-,24-/m0/s1. The number of unbranched alkanes of at least 4 members (excludes halogenated alkanes) is 2. The number of Topliss-reactive ketones (excluding diaryl/α,β-unsaturated/α-hetero) is 1. The van der Waals surface area contributed by atoms with Crippen molar-refractivity contribution in [2.45, 2.75) is 44.4 Å². The fraction of sp³-hybridized carbons (Fsp3) is 0.393. The number of allylic oxidation sites excluding steroid dienone is 6. The Hall–Kier alpha value is -3.33. The van der Waals surface area contributed by atoms with Crippen molar-refractivity contribution in [3.05, 3.63) is 63.2 Å². The lowest BCUT2D eigenvalue weighted by Crippen LogP contribution is -2.39. The summed E-state index contributed by atoms with van der Waals surface area (Å²) < 4.78 is 0.169. The number of fused-ring (bicyclic) bond motifs is 3. The Morgan fingerprint density at radius 1 is 1.05 bits per heavy atom. The Bertz CT molecular complexity index is 1320. The number of carboxylic acid groups (broad SMARTS) is 1. The summed E-state index contributed by atoms with van der Waals surface area (Å²) in [5.74, 6) is -4.10. The molecule has 192 valence electrons. The zero-order valence-electron chi connectivity index (χ0n) is 20.0. The molecule has 1 fully saturated rings. The second-order valence-electron chi connectivity index (χ2n) is 10.0. The fourth-order valence-electron chi connectivity index (χ4n) is 6.30. The van der Waals surface area contributed by atoms with E-state index in [1.54, 1.807) is 18.2 Å². The lowest BCUT2D eigenvalue weighted by molar-refractivity contribution is -0.141. The summed E-state index contributed by atoms with van der Waals surface area (Å²) in [6, 6.07) is 6.57. The van der Waals surface area contributed by atoms with E-state index in [1.165, 1.54) is 17.0 Å². The van der Waals surface area contributed by atoms with Gasteiger partial charge in [-0.15, -0.1) is 0 Å². The van der Waals surface area contributed by atoms with Gasteiger partial charge in [0.15, 0.2) is 11.6 Å². The third-order valence-corrected chi connectivity index (χ3v) is 8.49. The van der Waals surface area contributed by atoms with Crippen molar-refractivity contribution in [2.24, 2.45) is 17.8 Å². The van der Waals surface area contributed by atoms with Crippen molar-refractivity contribution in [2.75, 3.05) is 6.54 Å². The van der Waals surface area contributed by atoms with E-state index in [1.807, 2.05) is 6.08 Å².